The number of aliphatic carboxylic acids is 2. The van der Waals surface area contributed by atoms with E-state index in [1.165, 1.54) is 27.9 Å². The predicted molar refractivity (Wildman–Crippen MR) is 214 cm³/mol. The minimum atomic E-state index is -1.99. The molecule has 3 aliphatic heterocycles. The van der Waals surface area contributed by atoms with Crippen LogP contribution >= 0.6 is 0 Å². The molecule has 3 fully saturated rings. The van der Waals surface area contributed by atoms with Gasteiger partial charge in [-0.2, -0.15) is 0 Å². The molecule has 0 aromatic rings. The average molecular weight is 867 g/mol. The minimum Gasteiger partial charge on any atom is -0.481 e. The van der Waals surface area contributed by atoms with Gasteiger partial charge in [0.1, 0.15) is 35.7 Å². The van der Waals surface area contributed by atoms with Crippen LogP contribution in [0.2, 0.25) is 0 Å². The lowest BCUT2D eigenvalue weighted by molar-refractivity contribution is -0.318. The molecule has 0 amide bonds. The smallest absolute Gasteiger partial charge is 0.321 e. The van der Waals surface area contributed by atoms with Gasteiger partial charge in [-0.3, -0.25) is 19.2 Å². The van der Waals surface area contributed by atoms with Gasteiger partial charge in [0.2, 0.25) is 0 Å². The first-order chi connectivity index (χ1) is 27.5. The molecule has 0 aromatic heterocycles. The normalized spacial score (nSPS) is 44.2. The van der Waals surface area contributed by atoms with Gasteiger partial charge in [-0.05, 0) is 74.9 Å². The van der Waals surface area contributed by atoms with E-state index in [4.69, 9.17) is 44.4 Å². The molecule has 0 radical (unpaired) electrons. The Bertz CT molecular complexity index is 1430. The number of ketones is 1. The number of hydrogen-bond donors (Lipinski definition) is 8. The van der Waals surface area contributed by atoms with Gasteiger partial charge in [0.15, 0.2) is 12.6 Å². The summed E-state index contributed by atoms with van der Waals surface area (Å²) in [5.74, 6) is -7.47. The molecule has 1 unspecified atom stereocenters. The summed E-state index contributed by atoms with van der Waals surface area (Å²) in [4.78, 5) is 49.4. The summed E-state index contributed by atoms with van der Waals surface area (Å²) in [7, 11) is 5.18. The number of ether oxygens (including phenoxy) is 6. The Balaban J connectivity index is 0.00000123. The first kappa shape index (κ1) is 53.7. The van der Waals surface area contributed by atoms with Crippen molar-refractivity contribution in [2.75, 3.05) is 21.2 Å². The Morgan fingerprint density at radius 3 is 1.98 bits per heavy atom. The molecule has 0 aromatic carbocycles. The highest BCUT2D eigenvalue weighted by molar-refractivity contribution is 5.83. The van der Waals surface area contributed by atoms with Crippen molar-refractivity contribution in [3.05, 3.63) is 0 Å². The average Bonchev–Trinajstić information content (AvgIpc) is 3.15. The SMILES string of the molecule is CC[C@H]1OC(=O)[C@H](C)[C@@H](O[C@H]2C[C@@](C)(OC)[C@@H](O)[C@H](C)O2)[C@H](C)[C@@H](O[C@H]2O[C@@H](C)C[C@@H](N(C)C)[C@@H]2O)[C@](C)(O)C[C@@H](C)C(=O)[C@H](C)[C@@H](O)[C@]1(C)O.NC(CC(=O)O)C(=O)O. The van der Waals surface area contributed by atoms with Crippen LogP contribution in [0.1, 0.15) is 101 Å². The number of nitrogens with two attached hydrogens (primary N) is 1. The Kier molecular flexibility index (Phi) is 19.5. The van der Waals surface area contributed by atoms with Crippen LogP contribution in [0.5, 0.6) is 0 Å². The number of esters is 1. The van der Waals surface area contributed by atoms with Crippen LogP contribution < -0.4 is 5.73 Å². The molecular weight excluding hydrogens is 792 g/mol. The molecule has 19 nitrogen and oxygen atoms in total. The fourth-order valence-electron chi connectivity index (χ4n) is 8.69. The number of aliphatic hydroxyl groups excluding tert-OH is 3. The van der Waals surface area contributed by atoms with Crippen LogP contribution in [0.25, 0.3) is 0 Å². The van der Waals surface area contributed by atoms with Crippen LogP contribution in [-0.2, 0) is 47.6 Å². The molecule has 3 aliphatic rings. The number of hydrogen-bond acceptors (Lipinski definition) is 17. The van der Waals surface area contributed by atoms with Crippen molar-refractivity contribution in [2.45, 2.75) is 192 Å². The molecular formula is C41H74N2O17. The largest absolute Gasteiger partial charge is 0.481 e. The van der Waals surface area contributed by atoms with Crippen LogP contribution in [-0.4, -0.2) is 176 Å². The van der Waals surface area contributed by atoms with Gasteiger partial charge in [-0.15, -0.1) is 0 Å². The second kappa shape index (κ2) is 21.8. The monoisotopic (exact) mass is 866 g/mol. The molecule has 19 atom stereocenters. The van der Waals surface area contributed by atoms with E-state index in [1.54, 1.807) is 41.5 Å². The second-order valence-corrected chi connectivity index (χ2v) is 18.0. The number of methoxy groups -OCH3 is 1. The van der Waals surface area contributed by atoms with Crippen molar-refractivity contribution in [1.82, 2.24) is 4.90 Å². The topological polar surface area (TPSA) is 295 Å². The van der Waals surface area contributed by atoms with Gasteiger partial charge < -0.3 is 74.8 Å². The fourth-order valence-corrected chi connectivity index (χ4v) is 8.69. The molecule has 3 rings (SSSR count). The number of aliphatic hydroxyl groups is 5. The van der Waals surface area contributed by atoms with Crippen LogP contribution in [0.4, 0.5) is 0 Å². The van der Waals surface area contributed by atoms with Crippen molar-refractivity contribution in [3.8, 4) is 0 Å². The number of carbonyl (C=O) groups excluding carboxylic acids is 2. The van der Waals surface area contributed by atoms with Crippen molar-refractivity contribution in [2.24, 2.45) is 29.4 Å². The lowest BCUT2D eigenvalue weighted by Crippen LogP contribution is -2.61. The Morgan fingerprint density at radius 1 is 0.917 bits per heavy atom. The highest BCUT2D eigenvalue weighted by Gasteiger charge is 2.53. The lowest BCUT2D eigenvalue weighted by Gasteiger charge is -2.49. The third-order valence-corrected chi connectivity index (χ3v) is 12.5. The Hall–Kier alpha value is -2.40. The fraction of sp³-hybridized carbons (Fsp3) is 0.902. The van der Waals surface area contributed by atoms with Gasteiger partial charge in [0.05, 0.1) is 54.1 Å². The number of carboxylic acid groups (broad SMARTS) is 2. The quantitative estimate of drug-likeness (QED) is 0.140. The Labute approximate surface area is 353 Å². The van der Waals surface area contributed by atoms with Gasteiger partial charge in [0, 0.05) is 37.3 Å². The summed E-state index contributed by atoms with van der Waals surface area (Å²) in [5, 5.41) is 73.6. The summed E-state index contributed by atoms with van der Waals surface area (Å²) in [6.45, 7) is 16.3. The zero-order valence-electron chi connectivity index (χ0n) is 37.5. The molecule has 0 bridgehead atoms. The van der Waals surface area contributed by atoms with Gasteiger partial charge in [0.25, 0.3) is 0 Å². The molecule has 350 valence electrons. The zero-order valence-corrected chi connectivity index (χ0v) is 37.5. The molecule has 0 spiro atoms. The predicted octanol–water partition coefficient (Wildman–Crippen LogP) is 0.659. The zero-order chi connectivity index (χ0) is 46.4. The van der Waals surface area contributed by atoms with E-state index in [9.17, 15) is 44.7 Å². The molecule has 0 saturated carbocycles. The number of carbonyl (C=O) groups is 4. The highest BCUT2D eigenvalue weighted by Crippen LogP contribution is 2.40. The third kappa shape index (κ3) is 13.1. The van der Waals surface area contributed by atoms with Crippen LogP contribution in [0, 0.1) is 23.7 Å². The summed E-state index contributed by atoms with van der Waals surface area (Å²) < 4.78 is 37.1. The molecule has 9 N–H and O–H groups in total. The standard InChI is InChI=1S/C37H67NO13.C4H7NO4/c1-14-25-37(10,45)30(41)20(4)27(39)18(2)16-35(8,44)32(51-34-28(40)24(38(11)12)15-19(3)47-34)21(5)29(22(6)33(43)49-25)50-26-17-36(9,46-13)31(42)23(7)48-26;5-2(4(8)9)1-3(6)7/h18-26,28-32,34,40-42,44-45H,14-17H2,1-13H3;2H,1,5H2,(H,6,7)(H,8,9)/t18-,19+,20+,21+,22-,23+,24-,25-,26+,28+,29+,30-,31+,32-,34-,35-,36-,37-;/m1./s1. The number of nitrogens with zero attached hydrogens (tertiary/aromatic N) is 1. The van der Waals surface area contributed by atoms with E-state index < -0.39 is 132 Å². The first-order valence-electron chi connectivity index (χ1n) is 20.7. The van der Waals surface area contributed by atoms with E-state index >= 15 is 0 Å². The van der Waals surface area contributed by atoms with Crippen molar-refractivity contribution >= 4 is 23.7 Å². The maximum Gasteiger partial charge on any atom is 0.321 e. The van der Waals surface area contributed by atoms with Crippen molar-refractivity contribution < 1.29 is 83.3 Å². The number of carboxylic acids is 2. The maximum atomic E-state index is 14.1. The lowest BCUT2D eigenvalue weighted by atomic mass is 9.74. The van der Waals surface area contributed by atoms with Crippen LogP contribution in [0.3, 0.4) is 0 Å². The van der Waals surface area contributed by atoms with Crippen LogP contribution in [0.15, 0.2) is 0 Å². The highest BCUT2D eigenvalue weighted by atomic mass is 16.7. The van der Waals surface area contributed by atoms with E-state index in [0.717, 1.165) is 0 Å². The number of rotatable bonds is 10. The second-order valence-electron chi connectivity index (χ2n) is 18.0. The van der Waals surface area contributed by atoms with E-state index in [0.29, 0.717) is 6.42 Å². The molecule has 0 aliphatic carbocycles. The van der Waals surface area contributed by atoms with Gasteiger partial charge in [-0.25, -0.2) is 0 Å². The third-order valence-electron chi connectivity index (χ3n) is 12.5. The summed E-state index contributed by atoms with van der Waals surface area (Å²) in [6, 6.07) is -1.61. The van der Waals surface area contributed by atoms with E-state index in [1.807, 2.05) is 25.9 Å². The maximum absolute atomic E-state index is 14.1. The van der Waals surface area contributed by atoms with E-state index in [2.05, 4.69) is 0 Å². The number of likely N-dealkylation sites (N-methyl/N-ethyl adjacent to an activating group) is 1. The number of Topliss-reactive ketones (excluding diaryl/α,β-unsaturated/α-hetero) is 1. The first-order valence-corrected chi connectivity index (χ1v) is 20.7. The Morgan fingerprint density at radius 2 is 1.50 bits per heavy atom. The van der Waals surface area contributed by atoms with Gasteiger partial charge >= 0.3 is 17.9 Å². The molecule has 3 saturated heterocycles. The van der Waals surface area contributed by atoms with Crippen molar-refractivity contribution in [1.29, 1.82) is 0 Å². The molecule has 19 heteroatoms. The minimum absolute atomic E-state index is 0.0936. The van der Waals surface area contributed by atoms with Gasteiger partial charge in [-0.1, -0.05) is 27.7 Å². The summed E-state index contributed by atoms with van der Waals surface area (Å²) in [6.07, 6.45) is -10.2. The molecule has 60 heavy (non-hydrogen) atoms. The molecule has 3 heterocycles. The number of cyclic esters (lactones) is 1. The van der Waals surface area contributed by atoms with Crippen molar-refractivity contribution in [3.63, 3.8) is 0 Å². The summed E-state index contributed by atoms with van der Waals surface area (Å²) >= 11 is 0. The summed E-state index contributed by atoms with van der Waals surface area (Å²) in [5.41, 5.74) is -0.00202. The van der Waals surface area contributed by atoms with E-state index in [-0.39, 0.29) is 31.4 Å².